The Morgan fingerprint density at radius 3 is 2.92 bits per heavy atom. The number of thiazole rings is 1. The van der Waals surface area contributed by atoms with Crippen LogP contribution in [0.15, 0.2) is 12.1 Å². The van der Waals surface area contributed by atoms with Crippen molar-refractivity contribution in [3.8, 4) is 9.88 Å². The van der Waals surface area contributed by atoms with E-state index < -0.39 is 12.1 Å². The lowest BCUT2D eigenvalue weighted by molar-refractivity contribution is -0.141. The van der Waals surface area contributed by atoms with Crippen molar-refractivity contribution in [2.45, 2.75) is 19.4 Å². The Bertz CT molecular complexity index is 773. The molecule has 2 aromatic rings. The summed E-state index contributed by atoms with van der Waals surface area (Å²) in [6, 6.07) is 3.69. The Morgan fingerprint density at radius 2 is 2.25 bits per heavy atom. The second kappa shape index (κ2) is 7.18. The third-order valence-corrected chi connectivity index (χ3v) is 6.15. The SMILES string of the molecule is Cc1nc(-c2ccc(Cl)s2)sc1C(=O)N1CCOC(CC(=O)O)C1. The van der Waals surface area contributed by atoms with Gasteiger partial charge < -0.3 is 14.7 Å². The molecule has 1 saturated heterocycles. The minimum Gasteiger partial charge on any atom is -0.481 e. The maximum absolute atomic E-state index is 12.8. The normalized spacial score (nSPS) is 17.9. The highest BCUT2D eigenvalue weighted by Gasteiger charge is 2.29. The zero-order valence-electron chi connectivity index (χ0n) is 12.8. The molecule has 1 aliphatic heterocycles. The van der Waals surface area contributed by atoms with Crippen molar-refractivity contribution in [2.24, 2.45) is 0 Å². The van der Waals surface area contributed by atoms with Crippen molar-refractivity contribution in [1.82, 2.24) is 9.88 Å². The number of carbonyl (C=O) groups excluding carboxylic acids is 1. The second-order valence-electron chi connectivity index (χ2n) is 5.38. The molecule has 1 atom stereocenters. The molecule has 0 bridgehead atoms. The van der Waals surface area contributed by atoms with Gasteiger partial charge in [-0.25, -0.2) is 4.98 Å². The lowest BCUT2D eigenvalue weighted by Gasteiger charge is -2.32. The number of ether oxygens (including phenoxy) is 1. The predicted octanol–water partition coefficient (Wildman–Crippen LogP) is 3.15. The summed E-state index contributed by atoms with van der Waals surface area (Å²) in [5, 5.41) is 9.65. The number of rotatable bonds is 4. The third-order valence-electron chi connectivity index (χ3n) is 3.60. The Balaban J connectivity index is 1.77. The van der Waals surface area contributed by atoms with Gasteiger partial charge in [-0.05, 0) is 19.1 Å². The molecule has 3 heterocycles. The zero-order chi connectivity index (χ0) is 17.3. The number of aryl methyl sites for hydroxylation is 1. The van der Waals surface area contributed by atoms with Gasteiger partial charge in [0.25, 0.3) is 5.91 Å². The molecule has 1 aliphatic rings. The van der Waals surface area contributed by atoms with Gasteiger partial charge in [0, 0.05) is 13.1 Å². The summed E-state index contributed by atoms with van der Waals surface area (Å²) in [5.41, 5.74) is 0.672. The number of halogens is 1. The number of carbonyl (C=O) groups is 2. The summed E-state index contributed by atoms with van der Waals surface area (Å²) in [4.78, 5) is 31.2. The number of nitrogens with zero attached hydrogens (tertiary/aromatic N) is 2. The number of morpholine rings is 1. The average Bonchev–Trinajstić information content (AvgIpc) is 3.12. The van der Waals surface area contributed by atoms with E-state index in [-0.39, 0.29) is 18.9 Å². The first-order chi connectivity index (χ1) is 11.4. The molecule has 6 nitrogen and oxygen atoms in total. The molecule has 1 fully saturated rings. The fourth-order valence-electron chi connectivity index (χ4n) is 2.50. The lowest BCUT2D eigenvalue weighted by Crippen LogP contribution is -2.46. The van der Waals surface area contributed by atoms with Crippen LogP contribution in [-0.4, -0.2) is 52.7 Å². The van der Waals surface area contributed by atoms with Crippen LogP contribution in [-0.2, 0) is 9.53 Å². The van der Waals surface area contributed by atoms with Gasteiger partial charge in [0.1, 0.15) is 9.88 Å². The smallest absolute Gasteiger partial charge is 0.306 e. The molecule has 1 N–H and O–H groups in total. The highest BCUT2D eigenvalue weighted by molar-refractivity contribution is 7.24. The fourth-order valence-corrected chi connectivity index (χ4v) is 4.63. The first-order valence-corrected chi connectivity index (χ1v) is 9.31. The van der Waals surface area contributed by atoms with Crippen molar-refractivity contribution in [3.63, 3.8) is 0 Å². The summed E-state index contributed by atoms with van der Waals surface area (Å²) in [5.74, 6) is -1.06. The van der Waals surface area contributed by atoms with Crippen LogP contribution in [0, 0.1) is 6.92 Å². The summed E-state index contributed by atoms with van der Waals surface area (Å²) in [6.45, 7) is 2.88. The second-order valence-corrected chi connectivity index (χ2v) is 8.09. The van der Waals surface area contributed by atoms with Gasteiger partial charge in [-0.1, -0.05) is 11.6 Å². The van der Waals surface area contributed by atoms with Crippen molar-refractivity contribution in [3.05, 3.63) is 27.0 Å². The van der Waals surface area contributed by atoms with Crippen LogP contribution < -0.4 is 0 Å². The minimum absolute atomic E-state index is 0.107. The molecular weight excluding hydrogens is 372 g/mol. The number of aromatic nitrogens is 1. The number of carboxylic acid groups (broad SMARTS) is 1. The van der Waals surface area contributed by atoms with Gasteiger partial charge >= 0.3 is 5.97 Å². The highest BCUT2D eigenvalue weighted by atomic mass is 35.5. The topological polar surface area (TPSA) is 79.7 Å². The molecule has 0 saturated carbocycles. The fraction of sp³-hybridized carbons (Fsp3) is 0.400. The molecule has 1 unspecified atom stereocenters. The van der Waals surface area contributed by atoms with E-state index in [1.54, 1.807) is 17.9 Å². The summed E-state index contributed by atoms with van der Waals surface area (Å²) in [6.07, 6.45) is -0.575. The van der Waals surface area contributed by atoms with Crippen LogP contribution in [0.1, 0.15) is 21.8 Å². The number of thiophene rings is 1. The Labute approximate surface area is 151 Å². The molecular formula is C15H15ClN2O4S2. The van der Waals surface area contributed by atoms with Gasteiger partial charge in [0.15, 0.2) is 0 Å². The third kappa shape index (κ3) is 3.77. The summed E-state index contributed by atoms with van der Waals surface area (Å²) in [7, 11) is 0. The predicted molar refractivity (Wildman–Crippen MR) is 93.1 cm³/mol. The number of aliphatic carboxylic acids is 1. The molecule has 128 valence electrons. The number of amides is 1. The van der Waals surface area contributed by atoms with Crippen molar-refractivity contribution < 1.29 is 19.4 Å². The van der Waals surface area contributed by atoms with Gasteiger partial charge in [-0.2, -0.15) is 0 Å². The number of hydrogen-bond donors (Lipinski definition) is 1. The van der Waals surface area contributed by atoms with Crippen molar-refractivity contribution in [1.29, 1.82) is 0 Å². The Morgan fingerprint density at radius 1 is 1.46 bits per heavy atom. The molecule has 9 heteroatoms. The average molecular weight is 387 g/mol. The van der Waals surface area contributed by atoms with Crippen molar-refractivity contribution in [2.75, 3.05) is 19.7 Å². The van der Waals surface area contributed by atoms with Gasteiger partial charge in [-0.3, -0.25) is 9.59 Å². The highest BCUT2D eigenvalue weighted by Crippen LogP contribution is 2.35. The molecule has 3 rings (SSSR count). The molecule has 24 heavy (non-hydrogen) atoms. The zero-order valence-corrected chi connectivity index (χ0v) is 15.2. The maximum atomic E-state index is 12.8. The quantitative estimate of drug-likeness (QED) is 0.873. The number of hydrogen-bond acceptors (Lipinski definition) is 6. The molecule has 2 aromatic heterocycles. The van der Waals surface area contributed by atoms with E-state index in [2.05, 4.69) is 4.98 Å². The van der Waals surface area contributed by atoms with Gasteiger partial charge in [0.2, 0.25) is 0 Å². The summed E-state index contributed by atoms with van der Waals surface area (Å²) >= 11 is 8.71. The van der Waals surface area contributed by atoms with E-state index in [0.717, 1.165) is 9.88 Å². The van der Waals surface area contributed by atoms with Gasteiger partial charge in [-0.15, -0.1) is 22.7 Å². The van der Waals surface area contributed by atoms with Crippen LogP contribution in [0.25, 0.3) is 9.88 Å². The largest absolute Gasteiger partial charge is 0.481 e. The lowest BCUT2D eigenvalue weighted by atomic mass is 10.2. The Kier molecular flexibility index (Phi) is 5.19. The van der Waals surface area contributed by atoms with Gasteiger partial charge in [0.05, 0.1) is 34.0 Å². The van der Waals surface area contributed by atoms with E-state index in [1.165, 1.54) is 22.7 Å². The van der Waals surface area contributed by atoms with Crippen LogP contribution in [0.3, 0.4) is 0 Å². The first-order valence-electron chi connectivity index (χ1n) is 7.30. The first kappa shape index (κ1) is 17.3. The van der Waals surface area contributed by atoms with Crippen LogP contribution in [0.4, 0.5) is 0 Å². The molecule has 0 aliphatic carbocycles. The summed E-state index contributed by atoms with van der Waals surface area (Å²) < 4.78 is 6.09. The minimum atomic E-state index is -0.930. The van der Waals surface area contributed by atoms with Crippen molar-refractivity contribution >= 4 is 46.2 Å². The standard InChI is InChI=1S/C15H15ClN2O4S2/c1-8-13(24-14(17-8)10-2-3-11(16)23-10)15(21)18-4-5-22-9(7-18)6-12(19)20/h2-3,9H,4-7H2,1H3,(H,19,20). The van der Waals surface area contributed by atoms with Crippen LogP contribution >= 0.6 is 34.3 Å². The van der Waals surface area contributed by atoms with E-state index >= 15 is 0 Å². The van der Waals surface area contributed by atoms with E-state index in [1.807, 2.05) is 6.07 Å². The van der Waals surface area contributed by atoms with Crippen LogP contribution in [0.2, 0.25) is 4.34 Å². The Hall–Kier alpha value is -1.48. The number of carboxylic acids is 1. The molecule has 0 radical (unpaired) electrons. The van der Waals surface area contributed by atoms with E-state index in [4.69, 9.17) is 21.4 Å². The van der Waals surface area contributed by atoms with E-state index in [0.29, 0.717) is 28.1 Å². The molecule has 0 spiro atoms. The molecule has 1 amide bonds. The maximum Gasteiger partial charge on any atom is 0.306 e. The monoisotopic (exact) mass is 386 g/mol. The molecule has 0 aromatic carbocycles. The van der Waals surface area contributed by atoms with E-state index in [9.17, 15) is 9.59 Å². The van der Waals surface area contributed by atoms with Crippen LogP contribution in [0.5, 0.6) is 0 Å².